The first-order chi connectivity index (χ1) is 14.8. The van der Waals surface area contributed by atoms with Gasteiger partial charge >= 0.3 is 0 Å². The molecule has 4 rings (SSSR count). The fraction of sp³-hybridized carbons (Fsp3) is 0.0741. The van der Waals surface area contributed by atoms with Gasteiger partial charge in [-0.1, -0.05) is 103 Å². The van der Waals surface area contributed by atoms with Gasteiger partial charge in [-0.3, -0.25) is 4.79 Å². The van der Waals surface area contributed by atoms with Gasteiger partial charge in [0.15, 0.2) is 0 Å². The maximum absolute atomic E-state index is 14.2. The largest absolute Gasteiger partial charge is 0.324 e. The predicted molar refractivity (Wildman–Crippen MR) is 126 cm³/mol. The summed E-state index contributed by atoms with van der Waals surface area (Å²) < 4.78 is 0. The van der Waals surface area contributed by atoms with Crippen molar-refractivity contribution >= 4 is 23.4 Å². The summed E-state index contributed by atoms with van der Waals surface area (Å²) in [5, 5.41) is 3.24. The number of carbonyl (C=O) groups is 1. The maximum atomic E-state index is 14.2. The second kappa shape index (κ2) is 9.02. The highest BCUT2D eigenvalue weighted by atomic mass is 32.2. The summed E-state index contributed by atoms with van der Waals surface area (Å²) in [4.78, 5) is 15.2. The summed E-state index contributed by atoms with van der Waals surface area (Å²) in [5.41, 5.74) is 2.64. The van der Waals surface area contributed by atoms with Crippen LogP contribution in [-0.4, -0.2) is 12.2 Å². The lowest BCUT2D eigenvalue weighted by Gasteiger charge is -2.34. The average Bonchev–Trinajstić information content (AvgIpc) is 2.82. The summed E-state index contributed by atoms with van der Waals surface area (Å²) >= 11 is 1.62. The predicted octanol–water partition coefficient (Wildman–Crippen LogP) is 6.38. The lowest BCUT2D eigenvalue weighted by atomic mass is 9.68. The van der Waals surface area contributed by atoms with Crippen molar-refractivity contribution in [3.63, 3.8) is 0 Å². The molecular weight excluding hydrogens is 386 g/mol. The zero-order valence-electron chi connectivity index (χ0n) is 16.8. The Morgan fingerprint density at radius 1 is 0.633 bits per heavy atom. The molecule has 0 radical (unpaired) electrons. The van der Waals surface area contributed by atoms with Gasteiger partial charge < -0.3 is 5.32 Å². The fourth-order valence-corrected chi connectivity index (χ4v) is 4.48. The van der Waals surface area contributed by atoms with Crippen LogP contribution in [0.2, 0.25) is 0 Å². The van der Waals surface area contributed by atoms with Gasteiger partial charge in [-0.25, -0.2) is 0 Å². The number of thioether (sulfide) groups is 1. The molecule has 0 saturated heterocycles. The molecule has 0 spiro atoms. The lowest BCUT2D eigenvalue weighted by Crippen LogP contribution is -2.42. The number of benzene rings is 4. The van der Waals surface area contributed by atoms with Crippen LogP contribution in [0.5, 0.6) is 0 Å². The normalized spacial score (nSPS) is 11.1. The standard InChI is InChI=1S/C27H23NOS/c1-30-25-20-12-11-19-24(25)28-26(29)27(21-13-5-2-6-14-21,22-15-7-3-8-16-22)23-17-9-4-10-18-23/h2-20H,1H3,(H,28,29). The molecule has 3 heteroatoms. The van der Waals surface area contributed by atoms with Crippen LogP contribution in [0.4, 0.5) is 5.69 Å². The number of hydrogen-bond donors (Lipinski definition) is 1. The van der Waals surface area contributed by atoms with Crippen LogP contribution in [-0.2, 0) is 10.2 Å². The molecule has 0 aliphatic carbocycles. The number of carbonyl (C=O) groups excluding carboxylic acids is 1. The molecule has 0 bridgehead atoms. The smallest absolute Gasteiger partial charge is 0.244 e. The SMILES string of the molecule is CSc1ccccc1NC(=O)C(c1ccccc1)(c1ccccc1)c1ccccc1. The molecule has 0 fully saturated rings. The van der Waals surface area contributed by atoms with Crippen molar-refractivity contribution < 1.29 is 4.79 Å². The minimum absolute atomic E-state index is 0.0763. The molecule has 2 nitrogen and oxygen atoms in total. The number of anilines is 1. The zero-order valence-corrected chi connectivity index (χ0v) is 17.6. The van der Waals surface area contributed by atoms with Crippen molar-refractivity contribution in [3.05, 3.63) is 132 Å². The molecule has 0 unspecified atom stereocenters. The first-order valence-electron chi connectivity index (χ1n) is 9.88. The molecule has 4 aromatic rings. The fourth-order valence-electron chi connectivity index (χ4n) is 3.92. The van der Waals surface area contributed by atoms with Crippen LogP contribution in [0, 0.1) is 0 Å². The van der Waals surface area contributed by atoms with E-state index in [-0.39, 0.29) is 5.91 Å². The quantitative estimate of drug-likeness (QED) is 0.296. The van der Waals surface area contributed by atoms with E-state index in [2.05, 4.69) is 5.32 Å². The van der Waals surface area contributed by atoms with E-state index in [4.69, 9.17) is 0 Å². The molecule has 0 atom stereocenters. The van der Waals surface area contributed by atoms with E-state index in [0.717, 1.165) is 27.3 Å². The Labute approximate surface area is 182 Å². The molecule has 4 aromatic carbocycles. The Kier molecular flexibility index (Phi) is 6.01. The zero-order chi connectivity index (χ0) is 20.8. The van der Waals surface area contributed by atoms with Crippen LogP contribution in [0.1, 0.15) is 16.7 Å². The Morgan fingerprint density at radius 2 is 1.03 bits per heavy atom. The van der Waals surface area contributed by atoms with Crippen molar-refractivity contribution in [3.8, 4) is 0 Å². The van der Waals surface area contributed by atoms with E-state index in [1.165, 1.54) is 0 Å². The molecular formula is C27H23NOS. The Balaban J connectivity index is 1.96. The van der Waals surface area contributed by atoms with E-state index >= 15 is 0 Å². The summed E-state index contributed by atoms with van der Waals surface area (Å²) in [7, 11) is 0. The minimum Gasteiger partial charge on any atom is -0.324 e. The Bertz CT molecular complexity index is 1010. The Hall–Kier alpha value is -3.30. The highest BCUT2D eigenvalue weighted by molar-refractivity contribution is 7.98. The van der Waals surface area contributed by atoms with Gasteiger partial charge in [0.1, 0.15) is 5.41 Å². The molecule has 0 aliphatic heterocycles. The lowest BCUT2D eigenvalue weighted by molar-refractivity contribution is -0.119. The second-order valence-corrected chi connectivity index (χ2v) is 7.85. The molecule has 0 saturated carbocycles. The Morgan fingerprint density at radius 3 is 1.47 bits per heavy atom. The van der Waals surface area contributed by atoms with E-state index in [0.29, 0.717) is 0 Å². The number of nitrogens with one attached hydrogen (secondary N) is 1. The van der Waals surface area contributed by atoms with Crippen molar-refractivity contribution in [2.75, 3.05) is 11.6 Å². The third-order valence-corrected chi connectivity index (χ3v) is 6.11. The maximum Gasteiger partial charge on any atom is 0.244 e. The monoisotopic (exact) mass is 409 g/mol. The van der Waals surface area contributed by atoms with Crippen LogP contribution < -0.4 is 5.32 Å². The summed E-state index contributed by atoms with van der Waals surface area (Å²) in [6.45, 7) is 0. The van der Waals surface area contributed by atoms with Gasteiger partial charge in [0.05, 0.1) is 5.69 Å². The van der Waals surface area contributed by atoms with Crippen molar-refractivity contribution in [1.82, 2.24) is 0 Å². The molecule has 1 N–H and O–H groups in total. The van der Waals surface area contributed by atoms with Gasteiger partial charge in [0.25, 0.3) is 0 Å². The van der Waals surface area contributed by atoms with Gasteiger partial charge in [0.2, 0.25) is 5.91 Å². The van der Waals surface area contributed by atoms with Crippen molar-refractivity contribution in [1.29, 1.82) is 0 Å². The molecule has 0 heterocycles. The second-order valence-electron chi connectivity index (χ2n) is 7.00. The molecule has 0 aromatic heterocycles. The van der Waals surface area contributed by atoms with Gasteiger partial charge in [-0.2, -0.15) is 0 Å². The van der Waals surface area contributed by atoms with Gasteiger partial charge in [-0.05, 0) is 35.1 Å². The third kappa shape index (κ3) is 3.64. The van der Waals surface area contributed by atoms with Gasteiger partial charge in [-0.15, -0.1) is 11.8 Å². The average molecular weight is 410 g/mol. The summed E-state index contributed by atoms with van der Waals surface area (Å²) in [6.07, 6.45) is 2.02. The topological polar surface area (TPSA) is 29.1 Å². The van der Waals surface area contributed by atoms with E-state index in [9.17, 15) is 4.79 Å². The molecule has 30 heavy (non-hydrogen) atoms. The van der Waals surface area contributed by atoms with Crippen LogP contribution in [0.15, 0.2) is 120 Å². The van der Waals surface area contributed by atoms with Crippen LogP contribution >= 0.6 is 11.8 Å². The summed E-state index contributed by atoms with van der Waals surface area (Å²) in [6, 6.07) is 37.9. The number of para-hydroxylation sites is 1. The molecule has 1 amide bonds. The van der Waals surface area contributed by atoms with E-state index < -0.39 is 5.41 Å². The van der Waals surface area contributed by atoms with Crippen LogP contribution in [0.25, 0.3) is 0 Å². The molecule has 0 aliphatic rings. The van der Waals surface area contributed by atoms with Gasteiger partial charge in [0, 0.05) is 4.90 Å². The number of rotatable bonds is 6. The highest BCUT2D eigenvalue weighted by Crippen LogP contribution is 2.41. The van der Waals surface area contributed by atoms with Crippen LogP contribution in [0.3, 0.4) is 0 Å². The first kappa shape index (κ1) is 20.0. The van der Waals surface area contributed by atoms with Crippen molar-refractivity contribution in [2.24, 2.45) is 0 Å². The number of hydrogen-bond acceptors (Lipinski definition) is 2. The van der Waals surface area contributed by atoms with Crippen molar-refractivity contribution in [2.45, 2.75) is 10.3 Å². The minimum atomic E-state index is -0.977. The highest BCUT2D eigenvalue weighted by Gasteiger charge is 2.43. The number of amides is 1. The summed E-state index contributed by atoms with van der Waals surface area (Å²) in [5.74, 6) is -0.0763. The van der Waals surface area contributed by atoms with E-state index in [1.807, 2.05) is 122 Å². The molecule has 148 valence electrons. The van der Waals surface area contributed by atoms with E-state index in [1.54, 1.807) is 11.8 Å². The third-order valence-electron chi connectivity index (χ3n) is 5.32. The first-order valence-corrected chi connectivity index (χ1v) is 11.1.